The largest absolute Gasteiger partial charge is 0.387 e. The van der Waals surface area contributed by atoms with Crippen LogP contribution in [0.1, 0.15) is 16.7 Å². The van der Waals surface area contributed by atoms with Crippen LogP contribution in [0.3, 0.4) is 0 Å². The van der Waals surface area contributed by atoms with E-state index in [2.05, 4.69) is 14.7 Å². The number of rotatable bonds is 3. The molecule has 5 nitrogen and oxygen atoms in total. The van der Waals surface area contributed by atoms with Crippen molar-refractivity contribution in [1.82, 2.24) is 19.4 Å². The van der Waals surface area contributed by atoms with E-state index < -0.39 is 6.10 Å². The zero-order chi connectivity index (χ0) is 12.5. The monoisotopic (exact) mass is 260 g/mol. The minimum atomic E-state index is -0.594. The average Bonchev–Trinajstić information content (AvgIpc) is 3.00. The second-order valence-corrected chi connectivity index (χ2v) is 4.94. The number of nitrogens with zero attached hydrogens (tertiary/aromatic N) is 4. The van der Waals surface area contributed by atoms with E-state index >= 15 is 0 Å². The van der Waals surface area contributed by atoms with Crippen LogP contribution in [0.15, 0.2) is 30.5 Å². The zero-order valence-corrected chi connectivity index (χ0v) is 10.6. The van der Waals surface area contributed by atoms with E-state index in [1.807, 2.05) is 36.0 Å². The van der Waals surface area contributed by atoms with Crippen molar-refractivity contribution < 1.29 is 5.11 Å². The highest BCUT2D eigenvalue weighted by Crippen LogP contribution is 2.24. The molecule has 92 valence electrons. The lowest BCUT2D eigenvalue weighted by molar-refractivity contribution is 0.181. The molecule has 0 saturated carbocycles. The van der Waals surface area contributed by atoms with E-state index in [-0.39, 0.29) is 0 Å². The Kier molecular flexibility index (Phi) is 2.81. The van der Waals surface area contributed by atoms with Crippen molar-refractivity contribution >= 4 is 22.4 Å². The van der Waals surface area contributed by atoms with Gasteiger partial charge in [-0.3, -0.25) is 4.68 Å². The molecule has 0 aliphatic carbocycles. The third-order valence-electron chi connectivity index (χ3n) is 2.93. The summed E-state index contributed by atoms with van der Waals surface area (Å²) in [4.78, 5) is 0.768. The van der Waals surface area contributed by atoms with E-state index in [0.717, 1.165) is 21.5 Å². The van der Waals surface area contributed by atoms with Gasteiger partial charge in [0.25, 0.3) is 0 Å². The Labute approximate surface area is 108 Å². The number of fused-ring (bicyclic) bond motifs is 1. The third kappa shape index (κ3) is 1.89. The maximum absolute atomic E-state index is 10.1. The van der Waals surface area contributed by atoms with Gasteiger partial charge in [-0.15, -0.1) is 5.10 Å². The number of para-hydroxylation sites is 1. The number of aryl methyl sites for hydroxylation is 1. The second kappa shape index (κ2) is 4.47. The molecule has 18 heavy (non-hydrogen) atoms. The first-order chi connectivity index (χ1) is 8.75. The van der Waals surface area contributed by atoms with Gasteiger partial charge in [-0.1, -0.05) is 22.7 Å². The van der Waals surface area contributed by atoms with Crippen molar-refractivity contribution in [3.63, 3.8) is 0 Å². The van der Waals surface area contributed by atoms with Crippen LogP contribution >= 0.6 is 11.5 Å². The van der Waals surface area contributed by atoms with Crippen LogP contribution < -0.4 is 0 Å². The fourth-order valence-corrected chi connectivity index (χ4v) is 2.53. The molecule has 0 saturated heterocycles. The lowest BCUT2D eigenvalue weighted by atomic mass is 10.1. The molecular formula is C12H12N4OS. The lowest BCUT2D eigenvalue weighted by Gasteiger charge is -2.04. The summed E-state index contributed by atoms with van der Waals surface area (Å²) in [6.07, 6.45) is 1.48. The van der Waals surface area contributed by atoms with Crippen molar-refractivity contribution in [2.24, 2.45) is 7.05 Å². The normalized spacial score (nSPS) is 13.0. The van der Waals surface area contributed by atoms with Gasteiger partial charge in [0.2, 0.25) is 0 Å². The first-order valence-corrected chi connectivity index (χ1v) is 6.39. The van der Waals surface area contributed by atoms with Crippen molar-refractivity contribution in [2.45, 2.75) is 12.5 Å². The maximum atomic E-state index is 10.1. The first-order valence-electron chi connectivity index (χ1n) is 5.61. The van der Waals surface area contributed by atoms with Crippen LogP contribution in [0.2, 0.25) is 0 Å². The van der Waals surface area contributed by atoms with Crippen LogP contribution in [-0.2, 0) is 13.5 Å². The van der Waals surface area contributed by atoms with Gasteiger partial charge < -0.3 is 5.11 Å². The summed E-state index contributed by atoms with van der Waals surface area (Å²) in [5.41, 5.74) is 1.97. The summed E-state index contributed by atoms with van der Waals surface area (Å²) in [5.74, 6) is 0. The Morgan fingerprint density at radius 2 is 2.22 bits per heavy atom. The Balaban J connectivity index is 1.96. The molecule has 0 aliphatic rings. The molecule has 0 fully saturated rings. The van der Waals surface area contributed by atoms with E-state index in [1.54, 1.807) is 6.20 Å². The Bertz CT molecular complexity index is 662. The molecule has 1 unspecified atom stereocenters. The van der Waals surface area contributed by atoms with Crippen molar-refractivity contribution in [1.29, 1.82) is 0 Å². The quantitative estimate of drug-likeness (QED) is 0.778. The predicted octanol–water partition coefficient (Wildman–Crippen LogP) is 1.70. The number of aliphatic hydroxyl groups excluding tert-OH is 1. The van der Waals surface area contributed by atoms with Gasteiger partial charge in [0.15, 0.2) is 0 Å². The van der Waals surface area contributed by atoms with E-state index in [4.69, 9.17) is 0 Å². The van der Waals surface area contributed by atoms with Crippen LogP contribution in [0.4, 0.5) is 0 Å². The summed E-state index contributed by atoms with van der Waals surface area (Å²) in [6, 6.07) is 8.01. The van der Waals surface area contributed by atoms with E-state index in [9.17, 15) is 5.11 Å². The maximum Gasteiger partial charge on any atom is 0.0970 e. The van der Waals surface area contributed by atoms with Crippen LogP contribution in [-0.4, -0.2) is 24.5 Å². The Morgan fingerprint density at radius 1 is 1.39 bits per heavy atom. The minimum absolute atomic E-state index is 0.477. The van der Waals surface area contributed by atoms with Gasteiger partial charge in [-0.25, -0.2) is 0 Å². The van der Waals surface area contributed by atoms with Gasteiger partial charge >= 0.3 is 0 Å². The van der Waals surface area contributed by atoms with Crippen LogP contribution in [0, 0.1) is 0 Å². The van der Waals surface area contributed by atoms with E-state index in [0.29, 0.717) is 6.42 Å². The highest BCUT2D eigenvalue weighted by atomic mass is 32.1. The van der Waals surface area contributed by atoms with Crippen molar-refractivity contribution in [2.75, 3.05) is 0 Å². The number of aromatic nitrogens is 4. The van der Waals surface area contributed by atoms with Gasteiger partial charge in [0, 0.05) is 18.9 Å². The Morgan fingerprint density at radius 3 is 3.00 bits per heavy atom. The average molecular weight is 260 g/mol. The molecule has 0 spiro atoms. The predicted molar refractivity (Wildman–Crippen MR) is 69.3 cm³/mol. The fourth-order valence-electron chi connectivity index (χ4n) is 2.04. The summed E-state index contributed by atoms with van der Waals surface area (Å²) < 4.78 is 5.59. The highest BCUT2D eigenvalue weighted by Gasteiger charge is 2.15. The molecule has 0 radical (unpaired) electrons. The first kappa shape index (κ1) is 11.3. The number of hydrogen-bond acceptors (Lipinski definition) is 5. The SMILES string of the molecule is Cn1nc(CC(O)c2cnns2)c2ccccc21. The zero-order valence-electron chi connectivity index (χ0n) is 9.82. The molecule has 1 N–H and O–H groups in total. The molecule has 2 heterocycles. The van der Waals surface area contributed by atoms with Gasteiger partial charge in [-0.2, -0.15) is 5.10 Å². The second-order valence-electron chi connectivity index (χ2n) is 4.13. The molecule has 3 aromatic rings. The van der Waals surface area contributed by atoms with Gasteiger partial charge in [0.1, 0.15) is 0 Å². The van der Waals surface area contributed by atoms with Crippen molar-refractivity contribution in [3.05, 3.63) is 41.0 Å². The summed E-state index contributed by atoms with van der Waals surface area (Å²) in [7, 11) is 1.91. The molecule has 0 aliphatic heterocycles. The molecule has 0 amide bonds. The smallest absolute Gasteiger partial charge is 0.0970 e. The summed E-state index contributed by atoms with van der Waals surface area (Å²) in [6.45, 7) is 0. The lowest BCUT2D eigenvalue weighted by Crippen LogP contribution is -2.01. The summed E-state index contributed by atoms with van der Waals surface area (Å²) in [5, 5.41) is 19.4. The van der Waals surface area contributed by atoms with Crippen LogP contribution in [0.25, 0.3) is 10.9 Å². The Hall–Kier alpha value is -1.79. The van der Waals surface area contributed by atoms with E-state index in [1.165, 1.54) is 11.5 Å². The molecular weight excluding hydrogens is 248 g/mol. The van der Waals surface area contributed by atoms with Gasteiger partial charge in [-0.05, 0) is 17.6 Å². The molecule has 0 bridgehead atoms. The number of hydrogen-bond donors (Lipinski definition) is 1. The van der Waals surface area contributed by atoms with Gasteiger partial charge in [0.05, 0.1) is 28.4 Å². The third-order valence-corrected chi connectivity index (χ3v) is 3.69. The number of benzene rings is 1. The summed E-state index contributed by atoms with van der Waals surface area (Å²) >= 11 is 1.22. The number of aliphatic hydroxyl groups is 1. The molecule has 1 atom stereocenters. The highest BCUT2D eigenvalue weighted by molar-refractivity contribution is 7.05. The standard InChI is InChI=1S/C12H12N4OS/c1-16-10-5-3-2-4-8(10)9(14-16)6-11(17)12-7-13-15-18-12/h2-5,7,11,17H,6H2,1H3. The van der Waals surface area contributed by atoms with Crippen molar-refractivity contribution in [3.8, 4) is 0 Å². The topological polar surface area (TPSA) is 63.8 Å². The fraction of sp³-hybridized carbons (Fsp3) is 0.250. The van der Waals surface area contributed by atoms with Crippen LogP contribution in [0.5, 0.6) is 0 Å². The molecule has 2 aromatic heterocycles. The molecule has 6 heteroatoms. The minimum Gasteiger partial charge on any atom is -0.387 e. The molecule has 1 aromatic carbocycles. The molecule has 3 rings (SSSR count).